The summed E-state index contributed by atoms with van der Waals surface area (Å²) in [4.78, 5) is 8.96. The zero-order valence-corrected chi connectivity index (χ0v) is 13.6. The molecule has 0 atom stereocenters. The zero-order chi connectivity index (χ0) is 16.1. The molecule has 0 aliphatic rings. The lowest BCUT2D eigenvalue weighted by molar-refractivity contribution is 0.242. The molecule has 0 unspecified atom stereocenters. The molecule has 22 heavy (non-hydrogen) atoms. The molecule has 0 radical (unpaired) electrons. The van der Waals surface area contributed by atoms with Crippen LogP contribution in [0.1, 0.15) is 32.0 Å². The average Bonchev–Trinajstić information content (AvgIpc) is 2.47. The van der Waals surface area contributed by atoms with Crippen molar-refractivity contribution < 1.29 is 9.47 Å². The molecule has 1 aromatic carbocycles. The first-order chi connectivity index (χ1) is 10.5. The topological polar surface area (TPSA) is 44.2 Å². The van der Waals surface area contributed by atoms with E-state index in [4.69, 9.17) is 9.47 Å². The minimum absolute atomic E-state index is 0.160. The molecule has 0 aliphatic carbocycles. The highest BCUT2D eigenvalue weighted by molar-refractivity contribution is 5.62. The Morgan fingerprint density at radius 1 is 1.23 bits per heavy atom. The lowest BCUT2D eigenvalue weighted by atomic mass is 10.1. The SMILES string of the molecule is C=C(OCC)c1cnc(-c2ccc(OC(C)C)cc2)nc1C. The fourth-order valence-corrected chi connectivity index (χ4v) is 2.09. The van der Waals surface area contributed by atoms with Gasteiger partial charge in [0.2, 0.25) is 0 Å². The first-order valence-electron chi connectivity index (χ1n) is 7.44. The second kappa shape index (κ2) is 7.07. The second-order valence-corrected chi connectivity index (χ2v) is 5.24. The van der Waals surface area contributed by atoms with Crippen molar-refractivity contribution in [1.82, 2.24) is 9.97 Å². The van der Waals surface area contributed by atoms with E-state index in [0.717, 1.165) is 22.6 Å². The van der Waals surface area contributed by atoms with Gasteiger partial charge in [0.05, 0.1) is 24.0 Å². The van der Waals surface area contributed by atoms with Crippen LogP contribution < -0.4 is 4.74 Å². The van der Waals surface area contributed by atoms with Gasteiger partial charge in [0.25, 0.3) is 0 Å². The van der Waals surface area contributed by atoms with E-state index in [1.54, 1.807) is 6.20 Å². The van der Waals surface area contributed by atoms with E-state index in [0.29, 0.717) is 18.2 Å². The van der Waals surface area contributed by atoms with Gasteiger partial charge in [0.1, 0.15) is 11.5 Å². The summed E-state index contributed by atoms with van der Waals surface area (Å²) in [6.07, 6.45) is 1.92. The molecular formula is C18H22N2O2. The van der Waals surface area contributed by atoms with E-state index < -0.39 is 0 Å². The van der Waals surface area contributed by atoms with Crippen molar-refractivity contribution in [2.75, 3.05) is 6.61 Å². The summed E-state index contributed by atoms with van der Waals surface area (Å²) in [6.45, 7) is 12.3. The largest absolute Gasteiger partial charge is 0.494 e. The molecule has 0 amide bonds. The lowest BCUT2D eigenvalue weighted by Crippen LogP contribution is -2.05. The number of ether oxygens (including phenoxy) is 2. The third-order valence-corrected chi connectivity index (χ3v) is 3.08. The molecule has 2 aromatic rings. The Morgan fingerprint density at radius 3 is 2.45 bits per heavy atom. The van der Waals surface area contributed by atoms with Gasteiger partial charge in [-0.15, -0.1) is 0 Å². The first-order valence-corrected chi connectivity index (χ1v) is 7.44. The van der Waals surface area contributed by atoms with E-state index in [-0.39, 0.29) is 6.10 Å². The Morgan fingerprint density at radius 2 is 1.91 bits per heavy atom. The van der Waals surface area contributed by atoms with Crippen molar-refractivity contribution in [1.29, 1.82) is 0 Å². The van der Waals surface area contributed by atoms with Crippen molar-refractivity contribution in [3.05, 3.63) is 48.3 Å². The van der Waals surface area contributed by atoms with E-state index in [2.05, 4.69) is 16.5 Å². The average molecular weight is 298 g/mol. The van der Waals surface area contributed by atoms with Crippen LogP contribution in [0.5, 0.6) is 5.75 Å². The van der Waals surface area contributed by atoms with Gasteiger partial charge in [-0.2, -0.15) is 0 Å². The minimum atomic E-state index is 0.160. The molecule has 116 valence electrons. The quantitative estimate of drug-likeness (QED) is 0.748. The molecule has 4 heteroatoms. The number of aromatic nitrogens is 2. The van der Waals surface area contributed by atoms with Crippen molar-refractivity contribution >= 4 is 5.76 Å². The lowest BCUT2D eigenvalue weighted by Gasteiger charge is -2.11. The molecule has 0 saturated heterocycles. The summed E-state index contributed by atoms with van der Waals surface area (Å²) in [5.74, 6) is 2.13. The number of hydrogen-bond donors (Lipinski definition) is 0. The predicted molar refractivity (Wildman–Crippen MR) is 88.6 cm³/mol. The summed E-state index contributed by atoms with van der Waals surface area (Å²) in [5.41, 5.74) is 2.64. The Bertz CT molecular complexity index is 649. The van der Waals surface area contributed by atoms with Crippen LogP contribution in [-0.4, -0.2) is 22.7 Å². The summed E-state index contributed by atoms with van der Waals surface area (Å²) in [7, 11) is 0. The van der Waals surface area contributed by atoms with Crippen LogP contribution in [0.25, 0.3) is 17.1 Å². The van der Waals surface area contributed by atoms with Crippen LogP contribution in [0.15, 0.2) is 37.0 Å². The highest BCUT2D eigenvalue weighted by Crippen LogP contribution is 2.23. The van der Waals surface area contributed by atoms with Gasteiger partial charge in [-0.3, -0.25) is 0 Å². The van der Waals surface area contributed by atoms with Crippen LogP contribution >= 0.6 is 0 Å². The van der Waals surface area contributed by atoms with Crippen LogP contribution in [0.3, 0.4) is 0 Å². The number of rotatable bonds is 6. The van der Waals surface area contributed by atoms with E-state index in [9.17, 15) is 0 Å². The molecule has 1 aromatic heterocycles. The van der Waals surface area contributed by atoms with Crippen LogP contribution in [0.4, 0.5) is 0 Å². The molecule has 0 saturated carbocycles. The zero-order valence-electron chi connectivity index (χ0n) is 13.6. The molecule has 0 fully saturated rings. The molecule has 1 heterocycles. The molecule has 0 N–H and O–H groups in total. The maximum absolute atomic E-state index is 5.64. The smallest absolute Gasteiger partial charge is 0.159 e. The van der Waals surface area contributed by atoms with Crippen LogP contribution in [0.2, 0.25) is 0 Å². The number of hydrogen-bond acceptors (Lipinski definition) is 4. The van der Waals surface area contributed by atoms with Gasteiger partial charge >= 0.3 is 0 Å². The first kappa shape index (κ1) is 16.0. The minimum Gasteiger partial charge on any atom is -0.494 e. The fourth-order valence-electron chi connectivity index (χ4n) is 2.09. The Labute approximate surface area is 131 Å². The fraction of sp³-hybridized carbons (Fsp3) is 0.333. The third kappa shape index (κ3) is 3.85. The molecular weight excluding hydrogens is 276 g/mol. The number of aryl methyl sites for hydroxylation is 1. The summed E-state index contributed by atoms with van der Waals surface area (Å²) in [5, 5.41) is 0. The van der Waals surface area contributed by atoms with Gasteiger partial charge in [-0.1, -0.05) is 6.58 Å². The van der Waals surface area contributed by atoms with Gasteiger partial charge in [0, 0.05) is 11.8 Å². The van der Waals surface area contributed by atoms with E-state index in [1.165, 1.54) is 0 Å². The van der Waals surface area contributed by atoms with Gasteiger partial charge in [-0.05, 0) is 52.0 Å². The molecule has 0 spiro atoms. The van der Waals surface area contributed by atoms with E-state index >= 15 is 0 Å². The van der Waals surface area contributed by atoms with Crippen molar-refractivity contribution in [3.8, 4) is 17.1 Å². The van der Waals surface area contributed by atoms with Crippen molar-refractivity contribution in [3.63, 3.8) is 0 Å². The molecule has 0 aliphatic heterocycles. The van der Waals surface area contributed by atoms with E-state index in [1.807, 2.05) is 52.0 Å². The standard InChI is InChI=1S/C18H22N2O2/c1-6-21-14(5)17-11-19-18(20-13(17)4)15-7-9-16(10-8-15)22-12(2)3/h7-12H,5-6H2,1-4H3. The summed E-state index contributed by atoms with van der Waals surface area (Å²) in [6, 6.07) is 7.79. The van der Waals surface area contributed by atoms with Crippen LogP contribution in [-0.2, 0) is 4.74 Å². The summed E-state index contributed by atoms with van der Waals surface area (Å²) < 4.78 is 11.1. The number of benzene rings is 1. The maximum atomic E-state index is 5.64. The number of nitrogens with zero attached hydrogens (tertiary/aromatic N) is 2. The van der Waals surface area contributed by atoms with Gasteiger partial charge < -0.3 is 9.47 Å². The normalized spacial score (nSPS) is 10.6. The molecule has 2 rings (SSSR count). The monoisotopic (exact) mass is 298 g/mol. The third-order valence-electron chi connectivity index (χ3n) is 3.08. The highest BCUT2D eigenvalue weighted by Gasteiger charge is 2.09. The van der Waals surface area contributed by atoms with Crippen molar-refractivity contribution in [2.45, 2.75) is 33.8 Å². The highest BCUT2D eigenvalue weighted by atomic mass is 16.5. The second-order valence-electron chi connectivity index (χ2n) is 5.24. The van der Waals surface area contributed by atoms with Crippen molar-refractivity contribution in [2.24, 2.45) is 0 Å². The Kier molecular flexibility index (Phi) is 5.15. The Balaban J connectivity index is 2.22. The molecule has 4 nitrogen and oxygen atoms in total. The Hall–Kier alpha value is -2.36. The van der Waals surface area contributed by atoms with Gasteiger partial charge in [0.15, 0.2) is 5.82 Å². The van der Waals surface area contributed by atoms with Gasteiger partial charge in [-0.25, -0.2) is 9.97 Å². The predicted octanol–water partition coefficient (Wildman–Crippen LogP) is 4.25. The summed E-state index contributed by atoms with van der Waals surface area (Å²) >= 11 is 0. The molecule has 0 bridgehead atoms. The maximum Gasteiger partial charge on any atom is 0.159 e. The van der Waals surface area contributed by atoms with Crippen LogP contribution in [0, 0.1) is 6.92 Å².